The topological polar surface area (TPSA) is 79.3 Å². The zero-order chi connectivity index (χ0) is 13.1. The molecular formula is C9H15ClN2O3S2. The second-order valence-electron chi connectivity index (χ2n) is 3.58. The van der Waals surface area contributed by atoms with Gasteiger partial charge >= 0.3 is 0 Å². The molecule has 1 unspecified atom stereocenters. The first kappa shape index (κ1) is 14.8. The van der Waals surface area contributed by atoms with Crippen LogP contribution in [0.3, 0.4) is 0 Å². The van der Waals surface area contributed by atoms with E-state index in [4.69, 9.17) is 16.7 Å². The van der Waals surface area contributed by atoms with Crippen LogP contribution >= 0.6 is 22.9 Å². The molecule has 0 saturated carbocycles. The van der Waals surface area contributed by atoms with Crippen molar-refractivity contribution in [1.29, 1.82) is 0 Å². The van der Waals surface area contributed by atoms with Crippen molar-refractivity contribution in [3.8, 4) is 0 Å². The number of nitrogens with zero attached hydrogens (tertiary/aromatic N) is 1. The largest absolute Gasteiger partial charge is 0.396 e. The van der Waals surface area contributed by atoms with Crippen LogP contribution in [0.1, 0.15) is 25.5 Å². The molecule has 2 N–H and O–H groups in total. The first-order valence-electron chi connectivity index (χ1n) is 5.16. The van der Waals surface area contributed by atoms with Gasteiger partial charge in [-0.2, -0.15) is 0 Å². The number of hydrogen-bond acceptors (Lipinski definition) is 5. The van der Waals surface area contributed by atoms with Gasteiger partial charge in [-0.3, -0.25) is 0 Å². The number of aliphatic hydroxyl groups is 1. The Morgan fingerprint density at radius 3 is 2.65 bits per heavy atom. The summed E-state index contributed by atoms with van der Waals surface area (Å²) in [6.45, 7) is 3.41. The molecule has 0 aliphatic heterocycles. The van der Waals surface area contributed by atoms with Gasteiger partial charge in [-0.15, -0.1) is 0 Å². The van der Waals surface area contributed by atoms with E-state index >= 15 is 0 Å². The predicted molar refractivity (Wildman–Crippen MR) is 68.0 cm³/mol. The van der Waals surface area contributed by atoms with Gasteiger partial charge in [-0.1, -0.05) is 29.9 Å². The van der Waals surface area contributed by atoms with Crippen molar-refractivity contribution < 1.29 is 13.5 Å². The molecule has 0 aliphatic carbocycles. The van der Waals surface area contributed by atoms with Crippen molar-refractivity contribution in [1.82, 2.24) is 9.71 Å². The highest BCUT2D eigenvalue weighted by Gasteiger charge is 2.24. The van der Waals surface area contributed by atoms with Gasteiger partial charge in [0.1, 0.15) is 0 Å². The standard InChI is InChI=1S/C9H15ClN2O3S2/c1-3-7(4-5-13)12-17(14,15)8-6(2)11-9(10)16-8/h7,12-13H,3-5H2,1-2H3. The molecule has 1 atom stereocenters. The summed E-state index contributed by atoms with van der Waals surface area (Å²) in [5.41, 5.74) is 0.395. The number of aromatic nitrogens is 1. The lowest BCUT2D eigenvalue weighted by molar-refractivity contribution is 0.270. The average molecular weight is 299 g/mol. The molecule has 0 aliphatic rings. The van der Waals surface area contributed by atoms with Gasteiger partial charge in [0, 0.05) is 12.6 Å². The van der Waals surface area contributed by atoms with E-state index in [2.05, 4.69) is 9.71 Å². The summed E-state index contributed by atoms with van der Waals surface area (Å²) in [6.07, 6.45) is 1.01. The molecule has 0 spiro atoms. The van der Waals surface area contributed by atoms with Gasteiger partial charge < -0.3 is 5.11 Å². The molecule has 5 nitrogen and oxygen atoms in total. The number of thiazole rings is 1. The normalized spacial score (nSPS) is 13.9. The number of nitrogens with one attached hydrogen (secondary N) is 1. The van der Waals surface area contributed by atoms with Gasteiger partial charge in [-0.05, 0) is 19.8 Å². The lowest BCUT2D eigenvalue weighted by Gasteiger charge is -2.15. The molecule has 8 heteroatoms. The van der Waals surface area contributed by atoms with E-state index in [9.17, 15) is 8.42 Å². The van der Waals surface area contributed by atoms with Crippen LogP contribution in [0.4, 0.5) is 0 Å². The SMILES string of the molecule is CCC(CCO)NS(=O)(=O)c1sc(Cl)nc1C. The Morgan fingerprint density at radius 2 is 2.24 bits per heavy atom. The van der Waals surface area contributed by atoms with E-state index in [0.29, 0.717) is 18.5 Å². The highest BCUT2D eigenvalue weighted by atomic mass is 35.5. The van der Waals surface area contributed by atoms with Crippen LogP contribution in [0, 0.1) is 6.92 Å². The van der Waals surface area contributed by atoms with Gasteiger partial charge in [0.25, 0.3) is 10.0 Å². The van der Waals surface area contributed by atoms with Crippen molar-refractivity contribution in [3.05, 3.63) is 10.2 Å². The minimum absolute atomic E-state index is 0.0521. The fraction of sp³-hybridized carbons (Fsp3) is 0.667. The number of aryl methyl sites for hydroxylation is 1. The predicted octanol–water partition coefficient (Wildman–Crippen LogP) is 1.54. The van der Waals surface area contributed by atoms with Crippen molar-refractivity contribution in [2.24, 2.45) is 0 Å². The number of aliphatic hydroxyl groups excluding tert-OH is 1. The van der Waals surface area contributed by atoms with E-state index in [1.807, 2.05) is 6.92 Å². The molecule has 0 amide bonds. The maximum absolute atomic E-state index is 12.0. The molecule has 0 saturated heterocycles. The Balaban J connectivity index is 2.92. The Morgan fingerprint density at radius 1 is 1.59 bits per heavy atom. The lowest BCUT2D eigenvalue weighted by Crippen LogP contribution is -2.34. The van der Waals surface area contributed by atoms with Gasteiger partial charge in [0.2, 0.25) is 0 Å². The molecule has 1 rings (SSSR count). The molecule has 1 aromatic heterocycles. The van der Waals surface area contributed by atoms with Crippen LogP contribution in [0.2, 0.25) is 4.47 Å². The number of halogens is 1. The first-order valence-corrected chi connectivity index (χ1v) is 7.84. The minimum atomic E-state index is -3.59. The van der Waals surface area contributed by atoms with E-state index < -0.39 is 10.0 Å². The minimum Gasteiger partial charge on any atom is -0.396 e. The summed E-state index contributed by atoms with van der Waals surface area (Å²) < 4.78 is 26.9. The number of rotatable bonds is 6. The molecule has 0 radical (unpaired) electrons. The highest BCUT2D eigenvalue weighted by molar-refractivity contribution is 7.91. The van der Waals surface area contributed by atoms with E-state index in [0.717, 1.165) is 11.3 Å². The zero-order valence-electron chi connectivity index (χ0n) is 9.60. The number of hydrogen-bond donors (Lipinski definition) is 2. The van der Waals surface area contributed by atoms with Crippen molar-refractivity contribution in [2.75, 3.05) is 6.61 Å². The molecule has 98 valence electrons. The Hall–Kier alpha value is -0.210. The molecule has 0 fully saturated rings. The third-order valence-electron chi connectivity index (χ3n) is 2.26. The van der Waals surface area contributed by atoms with Crippen LogP contribution in [0.15, 0.2) is 4.21 Å². The van der Waals surface area contributed by atoms with Crippen LogP contribution in [-0.2, 0) is 10.0 Å². The summed E-state index contributed by atoms with van der Waals surface area (Å²) in [6, 6.07) is -0.273. The van der Waals surface area contributed by atoms with Crippen LogP contribution in [0.5, 0.6) is 0 Å². The summed E-state index contributed by atoms with van der Waals surface area (Å²) >= 11 is 6.61. The molecule has 1 heterocycles. The third kappa shape index (κ3) is 3.89. The summed E-state index contributed by atoms with van der Waals surface area (Å²) in [5.74, 6) is 0. The maximum atomic E-state index is 12.0. The van der Waals surface area contributed by atoms with Crippen LogP contribution in [0.25, 0.3) is 0 Å². The van der Waals surface area contributed by atoms with Gasteiger partial charge in [0.05, 0.1) is 5.69 Å². The summed E-state index contributed by atoms with van der Waals surface area (Å²) in [4.78, 5) is 3.87. The van der Waals surface area contributed by atoms with E-state index in [1.165, 1.54) is 0 Å². The van der Waals surface area contributed by atoms with Crippen LogP contribution in [-0.4, -0.2) is 31.2 Å². The zero-order valence-corrected chi connectivity index (χ0v) is 12.0. The van der Waals surface area contributed by atoms with Crippen molar-refractivity contribution >= 4 is 33.0 Å². The third-order valence-corrected chi connectivity index (χ3v) is 5.66. The fourth-order valence-electron chi connectivity index (χ4n) is 1.38. The highest BCUT2D eigenvalue weighted by Crippen LogP contribution is 2.26. The number of sulfonamides is 1. The second kappa shape index (κ2) is 6.10. The molecule has 0 bridgehead atoms. The average Bonchev–Trinajstić information content (AvgIpc) is 2.57. The first-order chi connectivity index (χ1) is 7.90. The second-order valence-corrected chi connectivity index (χ2v) is 7.07. The summed E-state index contributed by atoms with van der Waals surface area (Å²) in [5, 5.41) is 8.83. The van der Waals surface area contributed by atoms with Crippen molar-refractivity contribution in [2.45, 2.75) is 36.9 Å². The summed E-state index contributed by atoms with van der Waals surface area (Å²) in [7, 11) is -3.59. The van der Waals surface area contributed by atoms with Gasteiger partial charge in [-0.25, -0.2) is 18.1 Å². The van der Waals surface area contributed by atoms with E-state index in [-0.39, 0.29) is 21.3 Å². The van der Waals surface area contributed by atoms with Crippen molar-refractivity contribution in [3.63, 3.8) is 0 Å². The monoisotopic (exact) mass is 298 g/mol. The quantitative estimate of drug-likeness (QED) is 0.835. The van der Waals surface area contributed by atoms with E-state index in [1.54, 1.807) is 6.92 Å². The van der Waals surface area contributed by atoms with Gasteiger partial charge in [0.15, 0.2) is 8.68 Å². The maximum Gasteiger partial charge on any atom is 0.252 e. The Kier molecular flexibility index (Phi) is 5.33. The Labute approximate surface area is 110 Å². The fourth-order valence-corrected chi connectivity index (χ4v) is 4.48. The molecule has 0 aromatic carbocycles. The molecule has 1 aromatic rings. The smallest absolute Gasteiger partial charge is 0.252 e. The molecule has 17 heavy (non-hydrogen) atoms. The van der Waals surface area contributed by atoms with Crippen LogP contribution < -0.4 is 4.72 Å². The Bertz CT molecular complexity index is 473. The lowest BCUT2D eigenvalue weighted by atomic mass is 10.2. The molecular weight excluding hydrogens is 284 g/mol.